The van der Waals surface area contributed by atoms with Crippen molar-refractivity contribution in [2.75, 3.05) is 26.3 Å². The first-order chi connectivity index (χ1) is 5.95. The number of morpholine rings is 1. The number of rotatable bonds is 2. The van der Waals surface area contributed by atoms with E-state index in [-0.39, 0.29) is 0 Å². The van der Waals surface area contributed by atoms with Gasteiger partial charge < -0.3 is 4.74 Å². The molecule has 0 spiro atoms. The zero-order valence-electron chi connectivity index (χ0n) is 6.77. The van der Waals surface area contributed by atoms with Crippen LogP contribution in [-0.2, 0) is 11.3 Å². The molecule has 0 unspecified atom stereocenters. The molecule has 2 rings (SSSR count). The third kappa shape index (κ3) is 2.00. The van der Waals surface area contributed by atoms with Crippen LogP contribution in [0.3, 0.4) is 0 Å². The Labute approximate surface area is 75.3 Å². The second kappa shape index (κ2) is 3.93. The highest BCUT2D eigenvalue weighted by molar-refractivity contribution is 7.03. The highest BCUT2D eigenvalue weighted by Crippen LogP contribution is 2.04. The molecule has 2 heterocycles. The minimum atomic E-state index is 0.845. The summed E-state index contributed by atoms with van der Waals surface area (Å²) in [5, 5.41) is 5.99. The first-order valence-corrected chi connectivity index (χ1v) is 4.85. The average molecular weight is 185 g/mol. The van der Waals surface area contributed by atoms with E-state index in [9.17, 15) is 0 Å². The maximum atomic E-state index is 5.24. The lowest BCUT2D eigenvalue weighted by atomic mass is 10.4. The fourth-order valence-corrected chi connectivity index (χ4v) is 1.68. The lowest BCUT2D eigenvalue weighted by molar-refractivity contribution is 0.0336. The second-order valence-electron chi connectivity index (χ2n) is 2.78. The van der Waals surface area contributed by atoms with Crippen LogP contribution < -0.4 is 0 Å². The van der Waals surface area contributed by atoms with Crippen LogP contribution in [0.2, 0.25) is 0 Å². The van der Waals surface area contributed by atoms with Crippen LogP contribution in [0.4, 0.5) is 0 Å². The van der Waals surface area contributed by atoms with E-state index in [2.05, 4.69) is 14.5 Å². The molecule has 1 aromatic heterocycles. The normalized spacial score (nSPS) is 19.7. The highest BCUT2D eigenvalue weighted by Gasteiger charge is 2.11. The van der Waals surface area contributed by atoms with Crippen LogP contribution in [0, 0.1) is 0 Å². The van der Waals surface area contributed by atoms with Gasteiger partial charge in [0.1, 0.15) is 0 Å². The van der Waals surface area contributed by atoms with Crippen molar-refractivity contribution in [1.29, 1.82) is 0 Å². The maximum Gasteiger partial charge on any atom is 0.0895 e. The van der Waals surface area contributed by atoms with Crippen molar-refractivity contribution in [2.24, 2.45) is 0 Å². The molecule has 12 heavy (non-hydrogen) atoms. The van der Waals surface area contributed by atoms with Gasteiger partial charge in [-0.25, -0.2) is 0 Å². The number of ether oxygens (including phenoxy) is 1. The fraction of sp³-hybridized carbons (Fsp3) is 0.714. The van der Waals surface area contributed by atoms with Crippen LogP contribution in [0.25, 0.3) is 0 Å². The number of aromatic nitrogens is 2. The Morgan fingerprint density at radius 1 is 1.50 bits per heavy atom. The van der Waals surface area contributed by atoms with Crippen molar-refractivity contribution in [1.82, 2.24) is 14.5 Å². The van der Waals surface area contributed by atoms with Gasteiger partial charge in [-0.15, -0.1) is 5.10 Å². The van der Waals surface area contributed by atoms with Gasteiger partial charge in [0.15, 0.2) is 0 Å². The summed E-state index contributed by atoms with van der Waals surface area (Å²) in [6.45, 7) is 4.63. The molecule has 0 atom stereocenters. The minimum absolute atomic E-state index is 0.845. The van der Waals surface area contributed by atoms with E-state index < -0.39 is 0 Å². The van der Waals surface area contributed by atoms with Gasteiger partial charge in [-0.1, -0.05) is 4.49 Å². The molecule has 1 aromatic rings. The van der Waals surface area contributed by atoms with E-state index in [4.69, 9.17) is 4.74 Å². The lowest BCUT2D eigenvalue weighted by Gasteiger charge is -2.25. The highest BCUT2D eigenvalue weighted by atomic mass is 32.1. The molecular weight excluding hydrogens is 174 g/mol. The zero-order valence-corrected chi connectivity index (χ0v) is 7.59. The summed E-state index contributed by atoms with van der Waals surface area (Å²) in [5.74, 6) is 0. The van der Waals surface area contributed by atoms with Gasteiger partial charge in [0.05, 0.1) is 18.9 Å². The third-order valence-electron chi connectivity index (χ3n) is 1.89. The van der Waals surface area contributed by atoms with Crippen molar-refractivity contribution in [3.63, 3.8) is 0 Å². The van der Waals surface area contributed by atoms with Crippen LogP contribution in [0.1, 0.15) is 5.69 Å². The smallest absolute Gasteiger partial charge is 0.0895 e. The summed E-state index contributed by atoms with van der Waals surface area (Å²) in [6.07, 6.45) is 0. The molecule has 0 radical (unpaired) electrons. The van der Waals surface area contributed by atoms with E-state index in [0.717, 1.165) is 38.5 Å². The summed E-state index contributed by atoms with van der Waals surface area (Å²) in [4.78, 5) is 2.33. The Morgan fingerprint density at radius 3 is 3.00 bits per heavy atom. The molecule has 0 saturated carbocycles. The largest absolute Gasteiger partial charge is 0.379 e. The average Bonchev–Trinajstić information content (AvgIpc) is 2.59. The first kappa shape index (κ1) is 8.10. The molecule has 1 aliphatic heterocycles. The monoisotopic (exact) mass is 185 g/mol. The molecule has 0 bridgehead atoms. The van der Waals surface area contributed by atoms with Crippen LogP contribution in [-0.4, -0.2) is 40.8 Å². The lowest BCUT2D eigenvalue weighted by Crippen LogP contribution is -2.35. The van der Waals surface area contributed by atoms with Crippen molar-refractivity contribution in [3.05, 3.63) is 11.1 Å². The Morgan fingerprint density at radius 2 is 2.33 bits per heavy atom. The Balaban J connectivity index is 1.86. The Bertz CT molecular complexity index is 221. The minimum Gasteiger partial charge on any atom is -0.379 e. The summed E-state index contributed by atoms with van der Waals surface area (Å²) < 4.78 is 9.07. The van der Waals surface area contributed by atoms with Gasteiger partial charge in [0.2, 0.25) is 0 Å². The van der Waals surface area contributed by atoms with Crippen molar-refractivity contribution >= 4 is 11.5 Å². The van der Waals surface area contributed by atoms with E-state index in [1.807, 2.05) is 5.38 Å². The van der Waals surface area contributed by atoms with Gasteiger partial charge in [-0.05, 0) is 11.5 Å². The van der Waals surface area contributed by atoms with E-state index in [0.29, 0.717) is 0 Å². The third-order valence-corrected chi connectivity index (χ3v) is 2.45. The zero-order chi connectivity index (χ0) is 8.23. The van der Waals surface area contributed by atoms with Gasteiger partial charge in [-0.3, -0.25) is 4.90 Å². The van der Waals surface area contributed by atoms with Crippen LogP contribution in [0.5, 0.6) is 0 Å². The van der Waals surface area contributed by atoms with Gasteiger partial charge in [-0.2, -0.15) is 0 Å². The Hall–Kier alpha value is -0.520. The van der Waals surface area contributed by atoms with Gasteiger partial charge >= 0.3 is 0 Å². The number of hydrogen-bond donors (Lipinski definition) is 0. The maximum absolute atomic E-state index is 5.24. The molecule has 0 aliphatic carbocycles. The molecule has 1 aliphatic rings. The molecule has 0 aromatic carbocycles. The molecule has 0 amide bonds. The van der Waals surface area contributed by atoms with Crippen molar-refractivity contribution in [3.8, 4) is 0 Å². The first-order valence-electron chi connectivity index (χ1n) is 4.01. The SMILES string of the molecule is c1snnc1CN1CCOCC1. The predicted octanol–water partition coefficient (Wildman–Crippen LogP) is 0.370. The summed E-state index contributed by atoms with van der Waals surface area (Å²) in [6, 6.07) is 0. The van der Waals surface area contributed by atoms with E-state index >= 15 is 0 Å². The predicted molar refractivity (Wildman–Crippen MR) is 46.0 cm³/mol. The van der Waals surface area contributed by atoms with Crippen molar-refractivity contribution < 1.29 is 4.74 Å². The molecule has 1 fully saturated rings. The topological polar surface area (TPSA) is 38.2 Å². The van der Waals surface area contributed by atoms with Gasteiger partial charge in [0.25, 0.3) is 0 Å². The quantitative estimate of drug-likeness (QED) is 0.667. The van der Waals surface area contributed by atoms with E-state index in [1.54, 1.807) is 0 Å². The molecular formula is C7H11N3OS. The fourth-order valence-electron chi connectivity index (χ4n) is 1.24. The Kier molecular flexibility index (Phi) is 2.65. The molecule has 5 heteroatoms. The summed E-state index contributed by atoms with van der Waals surface area (Å²) >= 11 is 1.41. The molecule has 1 saturated heterocycles. The molecule has 4 nitrogen and oxygen atoms in total. The van der Waals surface area contributed by atoms with Gasteiger partial charge in [0, 0.05) is 25.0 Å². The summed E-state index contributed by atoms with van der Waals surface area (Å²) in [5.41, 5.74) is 1.07. The number of hydrogen-bond acceptors (Lipinski definition) is 5. The molecule has 0 N–H and O–H groups in total. The van der Waals surface area contributed by atoms with Crippen molar-refractivity contribution in [2.45, 2.75) is 6.54 Å². The number of nitrogens with zero attached hydrogens (tertiary/aromatic N) is 3. The van der Waals surface area contributed by atoms with Crippen LogP contribution in [0.15, 0.2) is 5.38 Å². The molecule has 66 valence electrons. The summed E-state index contributed by atoms with van der Waals surface area (Å²) in [7, 11) is 0. The van der Waals surface area contributed by atoms with Crippen LogP contribution >= 0.6 is 11.5 Å². The standard InChI is InChI=1S/C7H11N3OS/c1-3-11-4-2-10(1)5-7-6-12-9-8-7/h6H,1-5H2. The second-order valence-corrected chi connectivity index (χ2v) is 3.39. The van der Waals surface area contributed by atoms with E-state index in [1.165, 1.54) is 11.5 Å².